The van der Waals surface area contributed by atoms with Crippen LogP contribution in [0.25, 0.3) is 0 Å². The molecule has 0 aromatic heterocycles. The fraction of sp³-hybridized carbons (Fsp3) is 0.438. The number of carbonyl (C=O) groups excluding carboxylic acids is 3. The smallest absolute Gasteiger partial charge is 0.230 e. The molecule has 4 nitrogen and oxygen atoms in total. The maximum absolute atomic E-state index is 12.3. The Morgan fingerprint density at radius 1 is 1.15 bits per heavy atom. The molecular weight excluding hydrogens is 254 g/mol. The number of rotatable bonds is 3. The van der Waals surface area contributed by atoms with E-state index in [1.807, 2.05) is 18.2 Å². The first-order valence-electron chi connectivity index (χ1n) is 7.12. The second kappa shape index (κ2) is 5.19. The van der Waals surface area contributed by atoms with E-state index in [4.69, 9.17) is 0 Å². The highest BCUT2D eigenvalue weighted by molar-refractivity contribution is 6.03. The summed E-state index contributed by atoms with van der Waals surface area (Å²) in [4.78, 5) is 35.0. The predicted octanol–water partition coefficient (Wildman–Crippen LogP) is 1.80. The Balaban J connectivity index is 1.70. The zero-order valence-electron chi connectivity index (χ0n) is 11.3. The number of carbonyl (C=O) groups is 3. The number of hydrogen-bond donors (Lipinski definition) is 1. The van der Waals surface area contributed by atoms with Gasteiger partial charge in [-0.05, 0) is 42.9 Å². The van der Waals surface area contributed by atoms with Gasteiger partial charge in [-0.25, -0.2) is 0 Å². The minimum atomic E-state index is -0.367. The Hall–Kier alpha value is -1.97. The highest BCUT2D eigenvalue weighted by Gasteiger charge is 2.28. The van der Waals surface area contributed by atoms with Gasteiger partial charge in [-0.1, -0.05) is 12.1 Å². The lowest BCUT2D eigenvalue weighted by molar-refractivity contribution is -0.136. The summed E-state index contributed by atoms with van der Waals surface area (Å²) in [5, 5.41) is 2.30. The predicted molar refractivity (Wildman–Crippen MR) is 73.3 cm³/mol. The Labute approximate surface area is 117 Å². The molecule has 4 heteroatoms. The van der Waals surface area contributed by atoms with E-state index in [1.165, 1.54) is 11.1 Å². The molecule has 1 aliphatic carbocycles. The van der Waals surface area contributed by atoms with Crippen LogP contribution in [-0.4, -0.2) is 17.6 Å². The summed E-state index contributed by atoms with van der Waals surface area (Å²) in [5.74, 6) is -0.922. The number of fused-ring (bicyclic) bond motifs is 1. The van der Waals surface area contributed by atoms with Crippen molar-refractivity contribution in [3.8, 4) is 0 Å². The Bertz CT molecular complexity index is 591. The summed E-state index contributed by atoms with van der Waals surface area (Å²) in [5.41, 5.74) is 3.29. The zero-order chi connectivity index (χ0) is 14.1. The number of Topliss-reactive ketones (excluding diaryl/α,β-unsaturated/α-hetero) is 1. The van der Waals surface area contributed by atoms with Crippen LogP contribution in [0.3, 0.4) is 0 Å². The molecule has 1 saturated heterocycles. The largest absolute Gasteiger partial charge is 0.296 e. The van der Waals surface area contributed by atoms with Crippen LogP contribution >= 0.6 is 0 Å². The molecule has 0 bridgehead atoms. The Kier molecular flexibility index (Phi) is 3.38. The number of benzene rings is 1. The highest BCUT2D eigenvalue weighted by atomic mass is 16.2. The van der Waals surface area contributed by atoms with E-state index in [2.05, 4.69) is 5.32 Å². The lowest BCUT2D eigenvalue weighted by Gasteiger charge is -2.20. The normalized spacial score (nSPS) is 21.5. The maximum Gasteiger partial charge on any atom is 0.230 e. The van der Waals surface area contributed by atoms with Gasteiger partial charge in [0, 0.05) is 24.3 Å². The second-order valence-corrected chi connectivity index (χ2v) is 5.61. The van der Waals surface area contributed by atoms with Crippen LogP contribution in [0.4, 0.5) is 0 Å². The van der Waals surface area contributed by atoms with Crippen LogP contribution in [0.5, 0.6) is 0 Å². The third-order valence-electron chi connectivity index (χ3n) is 4.21. The van der Waals surface area contributed by atoms with Gasteiger partial charge in [-0.15, -0.1) is 0 Å². The van der Waals surface area contributed by atoms with Crippen molar-refractivity contribution in [2.45, 2.75) is 38.5 Å². The molecule has 0 saturated carbocycles. The van der Waals surface area contributed by atoms with Gasteiger partial charge in [0.05, 0.1) is 0 Å². The summed E-state index contributed by atoms with van der Waals surface area (Å²) in [6, 6.07) is 5.86. The average Bonchev–Trinajstić information content (AvgIpc) is 2.89. The van der Waals surface area contributed by atoms with Gasteiger partial charge >= 0.3 is 0 Å². The third kappa shape index (κ3) is 2.50. The van der Waals surface area contributed by atoms with Crippen LogP contribution in [0.2, 0.25) is 0 Å². The van der Waals surface area contributed by atoms with Crippen LogP contribution in [0.1, 0.15) is 47.2 Å². The van der Waals surface area contributed by atoms with Gasteiger partial charge in [-0.3, -0.25) is 19.7 Å². The minimum Gasteiger partial charge on any atom is -0.296 e. The third-order valence-corrected chi connectivity index (χ3v) is 4.21. The zero-order valence-corrected chi connectivity index (χ0v) is 11.3. The number of aryl methyl sites for hydroxylation is 2. The highest BCUT2D eigenvalue weighted by Crippen LogP contribution is 2.25. The fourth-order valence-electron chi connectivity index (χ4n) is 3.02. The molecule has 1 atom stereocenters. The summed E-state index contributed by atoms with van der Waals surface area (Å²) >= 11 is 0. The van der Waals surface area contributed by atoms with E-state index in [0.29, 0.717) is 18.4 Å². The van der Waals surface area contributed by atoms with E-state index in [9.17, 15) is 14.4 Å². The van der Waals surface area contributed by atoms with E-state index in [1.54, 1.807) is 0 Å². The summed E-state index contributed by atoms with van der Waals surface area (Å²) < 4.78 is 0. The number of nitrogens with one attached hydrogen (secondary N) is 1. The van der Waals surface area contributed by atoms with Crippen molar-refractivity contribution >= 4 is 17.6 Å². The van der Waals surface area contributed by atoms with Crippen molar-refractivity contribution < 1.29 is 14.4 Å². The van der Waals surface area contributed by atoms with Crippen LogP contribution in [0, 0.1) is 5.92 Å². The minimum absolute atomic E-state index is 0.00537. The Morgan fingerprint density at radius 3 is 2.75 bits per heavy atom. The summed E-state index contributed by atoms with van der Waals surface area (Å²) in [6.07, 6.45) is 4.28. The van der Waals surface area contributed by atoms with Crippen molar-refractivity contribution in [3.05, 3.63) is 34.9 Å². The molecule has 1 unspecified atom stereocenters. The van der Waals surface area contributed by atoms with Crippen molar-refractivity contribution in [2.24, 2.45) is 5.92 Å². The van der Waals surface area contributed by atoms with Gasteiger partial charge in [0.15, 0.2) is 5.78 Å². The number of piperidine rings is 1. The SMILES string of the molecule is O=C1CCC(CC(=O)c2ccc3c(c2)CCC3)C(=O)N1. The molecule has 1 heterocycles. The second-order valence-electron chi connectivity index (χ2n) is 5.61. The van der Waals surface area contributed by atoms with Crippen LogP contribution in [0.15, 0.2) is 18.2 Å². The molecule has 2 aliphatic rings. The molecule has 104 valence electrons. The van der Waals surface area contributed by atoms with Crippen molar-refractivity contribution in [1.82, 2.24) is 5.32 Å². The molecule has 1 fully saturated rings. The first kappa shape index (κ1) is 13.0. The standard InChI is InChI=1S/C16H17NO3/c18-14(9-13-6-7-15(19)17-16(13)20)12-5-4-10-2-1-3-11(10)8-12/h4-5,8,13H,1-3,6-7,9H2,(H,17,19,20). The van der Waals surface area contributed by atoms with E-state index >= 15 is 0 Å². The molecule has 1 N–H and O–H groups in total. The number of imide groups is 1. The summed E-state index contributed by atoms with van der Waals surface area (Å²) in [6.45, 7) is 0. The van der Waals surface area contributed by atoms with E-state index < -0.39 is 0 Å². The van der Waals surface area contributed by atoms with Gasteiger partial charge < -0.3 is 0 Å². The maximum atomic E-state index is 12.3. The lowest BCUT2D eigenvalue weighted by Crippen LogP contribution is -2.41. The molecule has 0 spiro atoms. The number of hydrogen-bond acceptors (Lipinski definition) is 3. The van der Waals surface area contributed by atoms with Crippen molar-refractivity contribution in [2.75, 3.05) is 0 Å². The Morgan fingerprint density at radius 2 is 1.95 bits per heavy atom. The first-order valence-corrected chi connectivity index (χ1v) is 7.12. The van der Waals surface area contributed by atoms with Crippen molar-refractivity contribution in [1.29, 1.82) is 0 Å². The van der Waals surface area contributed by atoms with Crippen molar-refractivity contribution in [3.63, 3.8) is 0 Å². The quantitative estimate of drug-likeness (QED) is 0.673. The monoisotopic (exact) mass is 271 g/mol. The van der Waals surface area contributed by atoms with Crippen LogP contribution < -0.4 is 5.32 Å². The molecule has 1 aromatic carbocycles. The van der Waals surface area contributed by atoms with E-state index in [-0.39, 0.29) is 29.9 Å². The van der Waals surface area contributed by atoms with Gasteiger partial charge in [0.1, 0.15) is 0 Å². The fourth-order valence-corrected chi connectivity index (χ4v) is 3.02. The first-order chi connectivity index (χ1) is 9.63. The molecule has 1 aromatic rings. The summed E-state index contributed by atoms with van der Waals surface area (Å²) in [7, 11) is 0. The lowest BCUT2D eigenvalue weighted by atomic mass is 9.90. The molecule has 20 heavy (non-hydrogen) atoms. The van der Waals surface area contributed by atoms with Gasteiger partial charge in [-0.2, -0.15) is 0 Å². The van der Waals surface area contributed by atoms with Gasteiger partial charge in [0.25, 0.3) is 0 Å². The molecule has 0 radical (unpaired) electrons. The van der Waals surface area contributed by atoms with Gasteiger partial charge in [0.2, 0.25) is 11.8 Å². The number of amides is 2. The molecular formula is C16H17NO3. The topological polar surface area (TPSA) is 63.2 Å². The molecule has 3 rings (SSSR count). The van der Waals surface area contributed by atoms with E-state index in [0.717, 1.165) is 19.3 Å². The van der Waals surface area contributed by atoms with Crippen LogP contribution in [-0.2, 0) is 22.4 Å². The molecule has 2 amide bonds. The average molecular weight is 271 g/mol. The molecule has 1 aliphatic heterocycles. The number of ketones is 1.